The fraction of sp³-hybridized carbons (Fsp3) is 0.643. The van der Waals surface area contributed by atoms with Gasteiger partial charge in [-0.25, -0.2) is 4.79 Å². The molecule has 0 aromatic heterocycles. The third kappa shape index (κ3) is 11.0. The van der Waals surface area contributed by atoms with Crippen molar-refractivity contribution in [3.63, 3.8) is 0 Å². The van der Waals surface area contributed by atoms with Crippen molar-refractivity contribution in [3.8, 4) is 0 Å². The minimum absolute atomic E-state index is 0.228. The smallest absolute Gasteiger partial charge is 0.330 e. The molecule has 0 aromatic rings. The molecule has 0 bridgehead atoms. The van der Waals surface area contributed by atoms with Crippen molar-refractivity contribution < 1.29 is 9.53 Å². The fourth-order valence-corrected chi connectivity index (χ4v) is 1.36. The van der Waals surface area contributed by atoms with Crippen molar-refractivity contribution in [2.45, 2.75) is 52.4 Å². The number of carbonyl (C=O) groups excluding carboxylic acids is 1. The molecular formula is C14H24O2. The highest BCUT2D eigenvalue weighted by Crippen LogP contribution is 2.04. The molecule has 16 heavy (non-hydrogen) atoms. The maximum Gasteiger partial charge on any atom is 0.330 e. The summed E-state index contributed by atoms with van der Waals surface area (Å²) in [6, 6.07) is 0. The number of rotatable bonds is 9. The lowest BCUT2D eigenvalue weighted by molar-refractivity contribution is -0.137. The standard InChI is InChI=1S/C14H24O2/c1-3-5-6-7-8-9-10-11-12-13-14(15)16-4-2/h5-6,12-13H,3-4,7-11H2,1-2H3/b6-5+,13-12+. The van der Waals surface area contributed by atoms with E-state index in [-0.39, 0.29) is 5.97 Å². The Kier molecular flexibility index (Phi) is 11.2. The van der Waals surface area contributed by atoms with E-state index in [4.69, 9.17) is 4.74 Å². The number of ether oxygens (including phenoxy) is 1. The molecule has 0 unspecified atom stereocenters. The average Bonchev–Trinajstić information content (AvgIpc) is 2.27. The van der Waals surface area contributed by atoms with Crippen molar-refractivity contribution in [2.75, 3.05) is 6.61 Å². The zero-order valence-electron chi connectivity index (χ0n) is 10.6. The number of hydrogen-bond donors (Lipinski definition) is 0. The quantitative estimate of drug-likeness (QED) is 0.256. The van der Waals surface area contributed by atoms with Crippen molar-refractivity contribution in [3.05, 3.63) is 24.3 Å². The monoisotopic (exact) mass is 224 g/mol. The molecule has 2 heteroatoms. The van der Waals surface area contributed by atoms with Crippen LogP contribution >= 0.6 is 0 Å². The molecule has 2 nitrogen and oxygen atoms in total. The molecule has 0 saturated heterocycles. The Morgan fingerprint density at radius 2 is 1.69 bits per heavy atom. The van der Waals surface area contributed by atoms with Crippen LogP contribution in [0.15, 0.2) is 24.3 Å². The maximum atomic E-state index is 10.9. The Morgan fingerprint density at radius 1 is 1.00 bits per heavy atom. The molecule has 0 rings (SSSR count). The Morgan fingerprint density at radius 3 is 2.31 bits per heavy atom. The van der Waals surface area contributed by atoms with Gasteiger partial charge < -0.3 is 4.74 Å². The SMILES string of the molecule is CC/C=C/CCCCC/C=C/C(=O)OCC. The van der Waals surface area contributed by atoms with Gasteiger partial charge in [-0.3, -0.25) is 0 Å². The van der Waals surface area contributed by atoms with Gasteiger partial charge in [0.05, 0.1) is 6.61 Å². The Balaban J connectivity index is 3.26. The molecule has 0 aromatic carbocycles. The number of hydrogen-bond acceptors (Lipinski definition) is 2. The van der Waals surface area contributed by atoms with Crippen LogP contribution in [0.1, 0.15) is 52.4 Å². The van der Waals surface area contributed by atoms with Crippen molar-refractivity contribution >= 4 is 5.97 Å². The normalized spacial score (nSPS) is 11.4. The number of carbonyl (C=O) groups is 1. The summed E-state index contributed by atoms with van der Waals surface area (Å²) in [7, 11) is 0. The predicted octanol–water partition coefficient (Wildman–Crippen LogP) is 4.02. The van der Waals surface area contributed by atoms with E-state index in [0.717, 1.165) is 19.3 Å². The van der Waals surface area contributed by atoms with E-state index in [0.29, 0.717) is 6.61 Å². The van der Waals surface area contributed by atoms with Gasteiger partial charge in [-0.1, -0.05) is 31.6 Å². The molecule has 0 atom stereocenters. The first-order valence-corrected chi connectivity index (χ1v) is 6.29. The van der Waals surface area contributed by atoms with Gasteiger partial charge in [-0.15, -0.1) is 0 Å². The summed E-state index contributed by atoms with van der Waals surface area (Å²) in [4.78, 5) is 10.9. The van der Waals surface area contributed by atoms with Gasteiger partial charge in [0.25, 0.3) is 0 Å². The van der Waals surface area contributed by atoms with E-state index in [1.165, 1.54) is 25.3 Å². The van der Waals surface area contributed by atoms with E-state index in [9.17, 15) is 4.79 Å². The molecular weight excluding hydrogens is 200 g/mol. The van der Waals surface area contributed by atoms with Gasteiger partial charge >= 0.3 is 5.97 Å². The van der Waals surface area contributed by atoms with E-state index in [1.807, 2.05) is 13.0 Å². The van der Waals surface area contributed by atoms with Crippen LogP contribution in [0.3, 0.4) is 0 Å². The van der Waals surface area contributed by atoms with Crippen molar-refractivity contribution in [1.29, 1.82) is 0 Å². The number of esters is 1. The highest BCUT2D eigenvalue weighted by molar-refractivity contribution is 5.81. The largest absolute Gasteiger partial charge is 0.463 e. The fourth-order valence-electron chi connectivity index (χ4n) is 1.36. The minimum atomic E-state index is -0.228. The predicted molar refractivity (Wildman–Crippen MR) is 68.3 cm³/mol. The number of unbranched alkanes of at least 4 members (excludes halogenated alkanes) is 4. The molecule has 0 aliphatic rings. The molecule has 0 aliphatic heterocycles. The second-order valence-corrected chi connectivity index (χ2v) is 3.67. The van der Waals surface area contributed by atoms with Crippen LogP contribution < -0.4 is 0 Å². The summed E-state index contributed by atoms with van der Waals surface area (Å²) in [6.45, 7) is 4.42. The minimum Gasteiger partial charge on any atom is -0.463 e. The van der Waals surface area contributed by atoms with E-state index >= 15 is 0 Å². The van der Waals surface area contributed by atoms with Gasteiger partial charge in [0.15, 0.2) is 0 Å². The molecule has 0 fully saturated rings. The first-order chi connectivity index (χ1) is 7.81. The van der Waals surface area contributed by atoms with Gasteiger partial charge in [-0.2, -0.15) is 0 Å². The molecule has 0 radical (unpaired) electrons. The summed E-state index contributed by atoms with van der Waals surface area (Å²) in [6.07, 6.45) is 14.8. The van der Waals surface area contributed by atoms with E-state index < -0.39 is 0 Å². The van der Waals surface area contributed by atoms with Crippen molar-refractivity contribution in [2.24, 2.45) is 0 Å². The summed E-state index contributed by atoms with van der Waals surface area (Å²) >= 11 is 0. The van der Waals surface area contributed by atoms with Crippen molar-refractivity contribution in [1.82, 2.24) is 0 Å². The Labute approximate surface area is 99.4 Å². The van der Waals surface area contributed by atoms with Gasteiger partial charge in [-0.05, 0) is 39.0 Å². The molecule has 0 heterocycles. The zero-order chi connectivity index (χ0) is 12.1. The topological polar surface area (TPSA) is 26.3 Å². The second kappa shape index (κ2) is 12.0. The maximum absolute atomic E-state index is 10.9. The van der Waals surface area contributed by atoms with Crippen LogP contribution in [0.5, 0.6) is 0 Å². The van der Waals surface area contributed by atoms with Crippen LogP contribution in [0, 0.1) is 0 Å². The van der Waals surface area contributed by atoms with Crippen LogP contribution in [-0.2, 0) is 9.53 Å². The summed E-state index contributed by atoms with van der Waals surface area (Å²) in [5.41, 5.74) is 0. The molecule has 92 valence electrons. The summed E-state index contributed by atoms with van der Waals surface area (Å²) in [5.74, 6) is -0.228. The third-order valence-corrected chi connectivity index (χ3v) is 2.18. The molecule has 0 N–H and O–H groups in total. The summed E-state index contributed by atoms with van der Waals surface area (Å²) < 4.78 is 4.78. The van der Waals surface area contributed by atoms with Gasteiger partial charge in [0.2, 0.25) is 0 Å². The van der Waals surface area contributed by atoms with Crippen LogP contribution in [0.2, 0.25) is 0 Å². The lowest BCUT2D eigenvalue weighted by Crippen LogP contribution is -1.98. The van der Waals surface area contributed by atoms with Crippen LogP contribution in [0.4, 0.5) is 0 Å². The average molecular weight is 224 g/mol. The second-order valence-electron chi connectivity index (χ2n) is 3.67. The lowest BCUT2D eigenvalue weighted by atomic mass is 10.1. The lowest BCUT2D eigenvalue weighted by Gasteiger charge is -1.96. The van der Waals surface area contributed by atoms with E-state index in [2.05, 4.69) is 19.1 Å². The first-order valence-electron chi connectivity index (χ1n) is 6.29. The van der Waals surface area contributed by atoms with Gasteiger partial charge in [0, 0.05) is 6.08 Å². The van der Waals surface area contributed by atoms with E-state index in [1.54, 1.807) is 0 Å². The Hall–Kier alpha value is -1.05. The highest BCUT2D eigenvalue weighted by Gasteiger charge is 1.92. The first kappa shape index (κ1) is 14.9. The number of allylic oxidation sites excluding steroid dienone is 3. The highest BCUT2D eigenvalue weighted by atomic mass is 16.5. The summed E-state index contributed by atoms with van der Waals surface area (Å²) in [5, 5.41) is 0. The zero-order valence-corrected chi connectivity index (χ0v) is 10.6. The molecule has 0 amide bonds. The molecule has 0 saturated carbocycles. The van der Waals surface area contributed by atoms with Crippen LogP contribution in [0.25, 0.3) is 0 Å². The molecule has 0 aliphatic carbocycles. The van der Waals surface area contributed by atoms with Crippen LogP contribution in [-0.4, -0.2) is 12.6 Å². The molecule has 0 spiro atoms. The third-order valence-electron chi connectivity index (χ3n) is 2.18. The Bertz CT molecular complexity index is 217. The van der Waals surface area contributed by atoms with Gasteiger partial charge in [0.1, 0.15) is 0 Å².